The standard InChI is InChI=1S/C16H26ClNOS/c1-15(2,3)11-4-6-16(10-18,7-5-11)14(19)13-8-12(17)9-20-13/h8-9,11,14,19H,4-7,10,18H2,1-3H3. The number of aliphatic hydroxyl groups is 1. The lowest BCUT2D eigenvalue weighted by molar-refractivity contribution is -0.0214. The van der Waals surface area contributed by atoms with Gasteiger partial charge in [0.1, 0.15) is 0 Å². The van der Waals surface area contributed by atoms with Crippen LogP contribution in [-0.2, 0) is 0 Å². The molecule has 1 fully saturated rings. The van der Waals surface area contributed by atoms with E-state index in [1.54, 1.807) is 0 Å². The fourth-order valence-corrected chi connectivity index (χ4v) is 4.63. The predicted molar refractivity (Wildman–Crippen MR) is 87.2 cm³/mol. The summed E-state index contributed by atoms with van der Waals surface area (Å²) in [5.41, 5.74) is 6.22. The highest BCUT2D eigenvalue weighted by atomic mass is 35.5. The number of halogens is 1. The Kier molecular flexibility index (Phi) is 4.85. The van der Waals surface area contributed by atoms with Crippen molar-refractivity contribution in [1.82, 2.24) is 0 Å². The van der Waals surface area contributed by atoms with Gasteiger partial charge in [-0.15, -0.1) is 11.3 Å². The summed E-state index contributed by atoms with van der Waals surface area (Å²) in [6, 6.07) is 1.88. The van der Waals surface area contributed by atoms with Crippen LogP contribution in [0.1, 0.15) is 57.4 Å². The van der Waals surface area contributed by atoms with Crippen molar-refractivity contribution >= 4 is 22.9 Å². The molecule has 1 saturated carbocycles. The summed E-state index contributed by atoms with van der Waals surface area (Å²) in [5, 5.41) is 13.4. The third-order valence-corrected chi connectivity index (χ3v) is 6.38. The molecule has 0 aliphatic heterocycles. The Hall–Kier alpha value is -0.0900. The minimum Gasteiger partial charge on any atom is -0.387 e. The molecular weight excluding hydrogens is 290 g/mol. The molecule has 0 amide bonds. The zero-order chi connectivity index (χ0) is 15.0. The van der Waals surface area contributed by atoms with Crippen molar-refractivity contribution in [3.8, 4) is 0 Å². The Morgan fingerprint density at radius 1 is 1.45 bits per heavy atom. The van der Waals surface area contributed by atoms with Gasteiger partial charge in [-0.25, -0.2) is 0 Å². The zero-order valence-corrected chi connectivity index (χ0v) is 14.2. The first-order valence-corrected chi connectivity index (χ1v) is 8.66. The van der Waals surface area contributed by atoms with Crippen LogP contribution in [-0.4, -0.2) is 11.7 Å². The van der Waals surface area contributed by atoms with Gasteiger partial charge in [-0.3, -0.25) is 0 Å². The zero-order valence-electron chi connectivity index (χ0n) is 12.7. The molecule has 20 heavy (non-hydrogen) atoms. The second-order valence-electron chi connectivity index (χ2n) is 7.28. The number of rotatable bonds is 3. The summed E-state index contributed by atoms with van der Waals surface area (Å²) in [5.74, 6) is 0.723. The topological polar surface area (TPSA) is 46.2 Å². The summed E-state index contributed by atoms with van der Waals surface area (Å²) in [6.45, 7) is 7.47. The Balaban J connectivity index is 2.12. The first-order valence-electron chi connectivity index (χ1n) is 7.40. The van der Waals surface area contributed by atoms with Crippen LogP contribution in [0, 0.1) is 16.7 Å². The molecule has 2 rings (SSSR count). The summed E-state index contributed by atoms with van der Waals surface area (Å²) in [6.07, 6.45) is 3.82. The Morgan fingerprint density at radius 3 is 2.45 bits per heavy atom. The maximum atomic E-state index is 10.8. The molecule has 1 unspecified atom stereocenters. The van der Waals surface area contributed by atoms with Gasteiger partial charge >= 0.3 is 0 Å². The van der Waals surface area contributed by atoms with Gasteiger partial charge in [0.15, 0.2) is 0 Å². The summed E-state index contributed by atoms with van der Waals surface area (Å²) < 4.78 is 0. The second-order valence-corrected chi connectivity index (χ2v) is 8.66. The van der Waals surface area contributed by atoms with Crippen molar-refractivity contribution in [1.29, 1.82) is 0 Å². The number of hydrogen-bond donors (Lipinski definition) is 2. The van der Waals surface area contributed by atoms with Crippen LogP contribution < -0.4 is 5.73 Å². The molecule has 2 nitrogen and oxygen atoms in total. The van der Waals surface area contributed by atoms with E-state index in [0.29, 0.717) is 17.0 Å². The van der Waals surface area contributed by atoms with Crippen LogP contribution in [0.2, 0.25) is 5.02 Å². The van der Waals surface area contributed by atoms with Crippen LogP contribution >= 0.6 is 22.9 Å². The highest BCUT2D eigenvalue weighted by Crippen LogP contribution is 2.51. The molecule has 3 N–H and O–H groups in total. The molecule has 114 valence electrons. The molecule has 1 aromatic rings. The Morgan fingerprint density at radius 2 is 2.05 bits per heavy atom. The molecule has 1 atom stereocenters. The van der Waals surface area contributed by atoms with Crippen LogP contribution in [0.25, 0.3) is 0 Å². The average Bonchev–Trinajstić information content (AvgIpc) is 2.83. The highest BCUT2D eigenvalue weighted by Gasteiger charge is 2.43. The van der Waals surface area contributed by atoms with E-state index in [1.165, 1.54) is 11.3 Å². The number of thiophene rings is 1. The highest BCUT2D eigenvalue weighted by molar-refractivity contribution is 7.10. The van der Waals surface area contributed by atoms with E-state index >= 15 is 0 Å². The third-order valence-electron chi connectivity index (χ3n) is 5.05. The lowest BCUT2D eigenvalue weighted by Gasteiger charge is -2.45. The monoisotopic (exact) mass is 315 g/mol. The Bertz CT molecular complexity index is 444. The van der Waals surface area contributed by atoms with Crippen LogP contribution in [0.5, 0.6) is 0 Å². The largest absolute Gasteiger partial charge is 0.387 e. The van der Waals surface area contributed by atoms with Gasteiger partial charge in [0, 0.05) is 22.2 Å². The van der Waals surface area contributed by atoms with Crippen molar-refractivity contribution in [2.75, 3.05) is 6.54 Å². The van der Waals surface area contributed by atoms with Gasteiger partial charge in [-0.2, -0.15) is 0 Å². The third kappa shape index (κ3) is 3.22. The molecule has 4 heteroatoms. The fraction of sp³-hybridized carbons (Fsp3) is 0.750. The second kappa shape index (κ2) is 5.96. The van der Waals surface area contributed by atoms with E-state index < -0.39 is 6.10 Å². The van der Waals surface area contributed by atoms with E-state index in [2.05, 4.69) is 20.8 Å². The molecule has 1 aromatic heterocycles. The minimum atomic E-state index is -0.481. The lowest BCUT2D eigenvalue weighted by Crippen LogP contribution is -2.41. The predicted octanol–water partition coefficient (Wildman–Crippen LogP) is 4.62. The van der Waals surface area contributed by atoms with Crippen molar-refractivity contribution in [2.45, 2.75) is 52.6 Å². The normalized spacial score (nSPS) is 29.4. The number of aliphatic hydroxyl groups excluding tert-OH is 1. The molecule has 1 aliphatic rings. The van der Waals surface area contributed by atoms with Crippen LogP contribution in [0.15, 0.2) is 11.4 Å². The van der Waals surface area contributed by atoms with Gasteiger partial charge in [0.05, 0.1) is 11.1 Å². The summed E-state index contributed by atoms with van der Waals surface area (Å²) >= 11 is 7.52. The molecule has 0 aromatic carbocycles. The van der Waals surface area contributed by atoms with Crippen molar-refractivity contribution in [2.24, 2.45) is 22.5 Å². The van der Waals surface area contributed by atoms with Crippen molar-refractivity contribution < 1.29 is 5.11 Å². The first-order chi connectivity index (χ1) is 9.28. The van der Waals surface area contributed by atoms with Crippen LogP contribution in [0.3, 0.4) is 0 Å². The first kappa shape index (κ1) is 16.3. The minimum absolute atomic E-state index is 0.171. The smallest absolute Gasteiger partial charge is 0.0950 e. The average molecular weight is 316 g/mol. The Labute approximate surface area is 131 Å². The lowest BCUT2D eigenvalue weighted by atomic mass is 9.62. The number of nitrogens with two attached hydrogens (primary N) is 1. The molecule has 0 spiro atoms. The molecule has 0 saturated heterocycles. The van der Waals surface area contributed by atoms with Crippen LogP contribution in [0.4, 0.5) is 0 Å². The van der Waals surface area contributed by atoms with Crippen molar-refractivity contribution in [3.05, 3.63) is 21.3 Å². The fourth-order valence-electron chi connectivity index (χ4n) is 3.42. The SMILES string of the molecule is CC(C)(C)C1CCC(CN)(C(O)c2cc(Cl)cs2)CC1. The summed E-state index contributed by atoms with van der Waals surface area (Å²) in [7, 11) is 0. The molecule has 1 heterocycles. The van der Waals surface area contributed by atoms with Gasteiger partial charge in [-0.05, 0) is 43.1 Å². The van der Waals surface area contributed by atoms with E-state index in [1.807, 2.05) is 11.4 Å². The van der Waals surface area contributed by atoms with Gasteiger partial charge in [0.25, 0.3) is 0 Å². The molecular formula is C16H26ClNOS. The molecule has 0 radical (unpaired) electrons. The van der Waals surface area contributed by atoms with E-state index in [9.17, 15) is 5.11 Å². The maximum absolute atomic E-state index is 10.8. The van der Waals surface area contributed by atoms with E-state index in [4.69, 9.17) is 17.3 Å². The van der Waals surface area contributed by atoms with E-state index in [-0.39, 0.29) is 5.41 Å². The maximum Gasteiger partial charge on any atom is 0.0950 e. The van der Waals surface area contributed by atoms with Gasteiger partial charge in [0.2, 0.25) is 0 Å². The number of hydrogen-bond acceptors (Lipinski definition) is 3. The quantitative estimate of drug-likeness (QED) is 0.855. The van der Waals surface area contributed by atoms with Gasteiger partial charge < -0.3 is 10.8 Å². The summed E-state index contributed by atoms with van der Waals surface area (Å²) in [4.78, 5) is 0.953. The van der Waals surface area contributed by atoms with E-state index in [0.717, 1.165) is 36.5 Å². The molecule has 0 bridgehead atoms. The van der Waals surface area contributed by atoms with Crippen molar-refractivity contribution in [3.63, 3.8) is 0 Å². The molecule has 1 aliphatic carbocycles. The van der Waals surface area contributed by atoms with Gasteiger partial charge in [-0.1, -0.05) is 32.4 Å².